The molecule has 0 radical (unpaired) electrons. The van der Waals surface area contributed by atoms with Crippen LogP contribution in [0, 0.1) is 0 Å². The minimum Gasteiger partial charge on any atom is -0.375 e. The van der Waals surface area contributed by atoms with Gasteiger partial charge in [0, 0.05) is 27.1 Å². The number of rotatable bonds is 5. The molecule has 1 aliphatic heterocycles. The van der Waals surface area contributed by atoms with Crippen molar-refractivity contribution in [3.8, 4) is 0 Å². The van der Waals surface area contributed by atoms with Crippen molar-refractivity contribution in [2.24, 2.45) is 5.73 Å². The summed E-state index contributed by atoms with van der Waals surface area (Å²) in [6.45, 7) is 3.49. The molecule has 1 unspecified atom stereocenters. The maximum Gasteiger partial charge on any atom is 0.172 e. The van der Waals surface area contributed by atoms with Crippen molar-refractivity contribution in [1.82, 2.24) is 0 Å². The van der Waals surface area contributed by atoms with Crippen LogP contribution < -0.4 is 5.73 Å². The van der Waals surface area contributed by atoms with Gasteiger partial charge >= 0.3 is 0 Å². The third-order valence-electron chi connectivity index (χ3n) is 3.23. The summed E-state index contributed by atoms with van der Waals surface area (Å²) in [5.41, 5.74) is 5.36. The van der Waals surface area contributed by atoms with Gasteiger partial charge in [0.15, 0.2) is 5.79 Å². The number of hydrogen-bond acceptors (Lipinski definition) is 4. The Labute approximate surface area is 92.1 Å². The van der Waals surface area contributed by atoms with E-state index in [1.54, 1.807) is 14.2 Å². The number of hydrogen-bond donors (Lipinski definition) is 1. The van der Waals surface area contributed by atoms with Gasteiger partial charge in [-0.05, 0) is 26.3 Å². The Morgan fingerprint density at radius 3 is 2.53 bits per heavy atom. The van der Waals surface area contributed by atoms with E-state index in [-0.39, 0.29) is 5.60 Å². The van der Waals surface area contributed by atoms with E-state index in [0.29, 0.717) is 13.2 Å². The van der Waals surface area contributed by atoms with Crippen LogP contribution in [0.15, 0.2) is 0 Å². The SMILES string of the molecule is COC1(OC)CCOC(C)(CCCN)C1. The Hall–Kier alpha value is -0.160. The molecule has 0 aromatic rings. The third kappa shape index (κ3) is 3.14. The van der Waals surface area contributed by atoms with Crippen molar-refractivity contribution in [3.63, 3.8) is 0 Å². The molecule has 1 saturated heterocycles. The molecule has 1 rings (SSSR count). The van der Waals surface area contributed by atoms with Crippen LogP contribution in [0.1, 0.15) is 32.6 Å². The van der Waals surface area contributed by atoms with Gasteiger partial charge in [-0.1, -0.05) is 0 Å². The molecular formula is C11H23NO3. The lowest BCUT2D eigenvalue weighted by atomic mass is 9.87. The first-order valence-corrected chi connectivity index (χ1v) is 5.54. The van der Waals surface area contributed by atoms with Crippen molar-refractivity contribution in [2.75, 3.05) is 27.4 Å². The van der Waals surface area contributed by atoms with E-state index in [2.05, 4.69) is 6.92 Å². The van der Waals surface area contributed by atoms with Gasteiger partial charge in [0.2, 0.25) is 0 Å². The zero-order chi connectivity index (χ0) is 11.4. The summed E-state index contributed by atoms with van der Waals surface area (Å²) >= 11 is 0. The standard InChI is InChI=1S/C11H23NO3/c1-10(5-4-7-12)9-11(13-2,14-3)6-8-15-10/h4-9,12H2,1-3H3. The van der Waals surface area contributed by atoms with E-state index in [1.165, 1.54) is 0 Å². The van der Waals surface area contributed by atoms with Gasteiger partial charge < -0.3 is 19.9 Å². The molecule has 1 atom stereocenters. The maximum absolute atomic E-state index is 5.81. The molecule has 1 fully saturated rings. The summed E-state index contributed by atoms with van der Waals surface area (Å²) in [5, 5.41) is 0. The van der Waals surface area contributed by atoms with Crippen molar-refractivity contribution in [1.29, 1.82) is 0 Å². The topological polar surface area (TPSA) is 53.7 Å². The minimum absolute atomic E-state index is 0.163. The molecule has 0 bridgehead atoms. The smallest absolute Gasteiger partial charge is 0.172 e. The van der Waals surface area contributed by atoms with Crippen molar-refractivity contribution >= 4 is 0 Å². The van der Waals surface area contributed by atoms with Crippen LogP contribution in [0.25, 0.3) is 0 Å². The largest absolute Gasteiger partial charge is 0.375 e. The van der Waals surface area contributed by atoms with E-state index < -0.39 is 5.79 Å². The Morgan fingerprint density at radius 2 is 2.00 bits per heavy atom. The summed E-state index contributed by atoms with van der Waals surface area (Å²) in [7, 11) is 3.39. The summed E-state index contributed by atoms with van der Waals surface area (Å²) < 4.78 is 16.8. The molecule has 0 spiro atoms. The highest BCUT2D eigenvalue weighted by Gasteiger charge is 2.43. The first-order chi connectivity index (χ1) is 7.10. The van der Waals surface area contributed by atoms with Gasteiger partial charge in [-0.3, -0.25) is 0 Å². The zero-order valence-electron chi connectivity index (χ0n) is 10.0. The lowest BCUT2D eigenvalue weighted by Crippen LogP contribution is -2.49. The fraction of sp³-hybridized carbons (Fsp3) is 1.00. The predicted octanol–water partition coefficient (Wildman–Crippen LogP) is 1.28. The molecule has 0 amide bonds. The Balaban J connectivity index is 2.60. The fourth-order valence-corrected chi connectivity index (χ4v) is 2.23. The second kappa shape index (κ2) is 5.25. The quantitative estimate of drug-likeness (QED) is 0.705. The van der Waals surface area contributed by atoms with Crippen LogP contribution in [0.2, 0.25) is 0 Å². The van der Waals surface area contributed by atoms with E-state index in [1.807, 2.05) is 0 Å². The van der Waals surface area contributed by atoms with Crippen LogP contribution in [0.5, 0.6) is 0 Å². The maximum atomic E-state index is 5.81. The molecule has 90 valence electrons. The van der Waals surface area contributed by atoms with Gasteiger partial charge in [-0.2, -0.15) is 0 Å². The Kier molecular flexibility index (Phi) is 4.52. The normalized spacial score (nSPS) is 30.4. The number of methoxy groups -OCH3 is 2. The average molecular weight is 217 g/mol. The minimum atomic E-state index is -0.471. The van der Waals surface area contributed by atoms with Crippen LogP contribution in [-0.4, -0.2) is 38.8 Å². The molecule has 1 aliphatic rings. The second-order valence-corrected chi connectivity index (χ2v) is 4.44. The Morgan fingerprint density at radius 1 is 1.33 bits per heavy atom. The molecule has 0 aromatic carbocycles. The van der Waals surface area contributed by atoms with E-state index in [4.69, 9.17) is 19.9 Å². The average Bonchev–Trinajstić information content (AvgIpc) is 2.26. The van der Waals surface area contributed by atoms with E-state index in [9.17, 15) is 0 Å². The van der Waals surface area contributed by atoms with E-state index >= 15 is 0 Å². The lowest BCUT2D eigenvalue weighted by Gasteiger charge is -2.44. The zero-order valence-corrected chi connectivity index (χ0v) is 10.0. The second-order valence-electron chi connectivity index (χ2n) is 4.44. The van der Waals surface area contributed by atoms with Crippen molar-refractivity contribution in [3.05, 3.63) is 0 Å². The van der Waals surface area contributed by atoms with Gasteiger partial charge in [0.05, 0.1) is 12.2 Å². The third-order valence-corrected chi connectivity index (χ3v) is 3.23. The van der Waals surface area contributed by atoms with Gasteiger partial charge in [0.1, 0.15) is 0 Å². The number of nitrogens with two attached hydrogens (primary N) is 1. The molecule has 0 saturated carbocycles. The van der Waals surface area contributed by atoms with Crippen LogP contribution >= 0.6 is 0 Å². The predicted molar refractivity (Wildman–Crippen MR) is 58.6 cm³/mol. The highest BCUT2D eigenvalue weighted by Crippen LogP contribution is 2.37. The molecule has 4 heteroatoms. The monoisotopic (exact) mass is 217 g/mol. The molecule has 0 aliphatic carbocycles. The fourth-order valence-electron chi connectivity index (χ4n) is 2.23. The molecule has 15 heavy (non-hydrogen) atoms. The first-order valence-electron chi connectivity index (χ1n) is 5.54. The van der Waals surface area contributed by atoms with E-state index in [0.717, 1.165) is 25.7 Å². The van der Waals surface area contributed by atoms with Crippen molar-refractivity contribution < 1.29 is 14.2 Å². The molecule has 0 aromatic heterocycles. The summed E-state index contributed by atoms with van der Waals surface area (Å²) in [5.74, 6) is -0.471. The van der Waals surface area contributed by atoms with Gasteiger partial charge in [-0.15, -0.1) is 0 Å². The molecule has 1 heterocycles. The van der Waals surface area contributed by atoms with Crippen LogP contribution in [-0.2, 0) is 14.2 Å². The van der Waals surface area contributed by atoms with Crippen molar-refractivity contribution in [2.45, 2.75) is 44.0 Å². The molecule has 2 N–H and O–H groups in total. The van der Waals surface area contributed by atoms with Crippen LogP contribution in [0.4, 0.5) is 0 Å². The first kappa shape index (κ1) is 12.9. The summed E-state index contributed by atoms with van der Waals surface area (Å²) in [6.07, 6.45) is 3.49. The highest BCUT2D eigenvalue weighted by molar-refractivity contribution is 4.88. The molecule has 4 nitrogen and oxygen atoms in total. The highest BCUT2D eigenvalue weighted by atomic mass is 16.7. The Bertz CT molecular complexity index is 194. The number of ether oxygens (including phenoxy) is 3. The molecular weight excluding hydrogens is 194 g/mol. The lowest BCUT2D eigenvalue weighted by molar-refractivity contribution is -0.276. The van der Waals surface area contributed by atoms with Gasteiger partial charge in [0.25, 0.3) is 0 Å². The van der Waals surface area contributed by atoms with Gasteiger partial charge in [-0.25, -0.2) is 0 Å². The van der Waals surface area contributed by atoms with Crippen LogP contribution in [0.3, 0.4) is 0 Å². The summed E-state index contributed by atoms with van der Waals surface area (Å²) in [4.78, 5) is 0. The summed E-state index contributed by atoms with van der Waals surface area (Å²) in [6, 6.07) is 0.